The van der Waals surface area contributed by atoms with Crippen LogP contribution in [-0.2, 0) is 0 Å². The molecule has 1 aromatic carbocycles. The minimum absolute atomic E-state index is 0.170. The highest BCUT2D eigenvalue weighted by molar-refractivity contribution is 7.22. The number of carbonyl (C=O) groups excluding carboxylic acids is 1. The van der Waals surface area contributed by atoms with E-state index in [1.807, 2.05) is 0 Å². The molecule has 1 aliphatic rings. The summed E-state index contributed by atoms with van der Waals surface area (Å²) in [5, 5.41) is 4.02. The fraction of sp³-hybridized carbons (Fsp3) is 0.368. The van der Waals surface area contributed by atoms with Crippen LogP contribution in [0.4, 0.5) is 5.13 Å². The van der Waals surface area contributed by atoms with Crippen LogP contribution in [0.5, 0.6) is 0 Å². The lowest BCUT2D eigenvalue weighted by Gasteiger charge is -2.34. The third-order valence-corrected chi connectivity index (χ3v) is 7.44. The first-order valence-corrected chi connectivity index (χ1v) is 11.5. The van der Waals surface area contributed by atoms with Crippen molar-refractivity contribution in [2.45, 2.75) is 6.92 Å². The van der Waals surface area contributed by atoms with E-state index in [4.69, 9.17) is 28.2 Å². The second kappa shape index (κ2) is 8.55. The number of para-hydroxylation sites is 1. The summed E-state index contributed by atoms with van der Waals surface area (Å²) in [6, 6.07) is 7.94. The van der Waals surface area contributed by atoms with E-state index in [9.17, 15) is 4.79 Å². The zero-order valence-electron chi connectivity index (χ0n) is 15.4. The van der Waals surface area contributed by atoms with E-state index in [0.29, 0.717) is 20.8 Å². The van der Waals surface area contributed by atoms with Gasteiger partial charge in [0, 0.05) is 39.3 Å². The molecule has 1 amide bonds. The average Bonchev–Trinajstić information content (AvgIpc) is 3.26. The molecule has 1 N–H and O–H groups in total. The summed E-state index contributed by atoms with van der Waals surface area (Å²) in [7, 11) is 0. The zero-order valence-corrected chi connectivity index (χ0v) is 18.5. The predicted molar refractivity (Wildman–Crippen MR) is 120 cm³/mol. The smallest absolute Gasteiger partial charge is 0.253 e. The lowest BCUT2D eigenvalue weighted by molar-refractivity contribution is 0.0948. The van der Waals surface area contributed by atoms with E-state index in [2.05, 4.69) is 40.2 Å². The monoisotopic (exact) mass is 454 g/mol. The first-order chi connectivity index (χ1) is 13.5. The Labute approximate surface area is 181 Å². The van der Waals surface area contributed by atoms with Crippen LogP contribution in [0.25, 0.3) is 10.2 Å². The van der Waals surface area contributed by atoms with Crippen molar-refractivity contribution >= 4 is 67.1 Å². The van der Waals surface area contributed by atoms with Gasteiger partial charge >= 0.3 is 0 Å². The molecule has 0 spiro atoms. The van der Waals surface area contributed by atoms with Gasteiger partial charge in [0.15, 0.2) is 5.13 Å². The highest BCUT2D eigenvalue weighted by Crippen LogP contribution is 2.32. The standard InChI is InChI=1S/C19H20Cl2N4OS2/c1-12-3-2-4-14-16(12)23-19(27-14)25-9-7-24(8-10-25)6-5-22-18(26)13-11-15(20)28-17(13)21/h2-4,11H,5-10H2,1H3,(H,22,26). The van der Waals surface area contributed by atoms with Crippen molar-refractivity contribution in [1.29, 1.82) is 0 Å². The van der Waals surface area contributed by atoms with Gasteiger partial charge in [0.2, 0.25) is 0 Å². The second-order valence-corrected chi connectivity index (χ2v) is 10.0. The van der Waals surface area contributed by atoms with Crippen molar-refractivity contribution in [3.63, 3.8) is 0 Å². The fourth-order valence-electron chi connectivity index (χ4n) is 3.29. The van der Waals surface area contributed by atoms with Crippen LogP contribution in [0.2, 0.25) is 8.67 Å². The number of aromatic nitrogens is 1. The van der Waals surface area contributed by atoms with Crippen LogP contribution in [0.15, 0.2) is 24.3 Å². The molecule has 0 saturated carbocycles. The quantitative estimate of drug-likeness (QED) is 0.615. The molecule has 148 valence electrons. The van der Waals surface area contributed by atoms with Crippen molar-refractivity contribution in [2.75, 3.05) is 44.2 Å². The van der Waals surface area contributed by atoms with Gasteiger partial charge in [-0.25, -0.2) is 4.98 Å². The third kappa shape index (κ3) is 4.28. The number of amides is 1. The summed E-state index contributed by atoms with van der Waals surface area (Å²) in [6.07, 6.45) is 0. The molecule has 1 aliphatic heterocycles. The SMILES string of the molecule is Cc1cccc2sc(N3CCN(CCNC(=O)c4cc(Cl)sc4Cl)CC3)nc12. The molecule has 9 heteroatoms. The number of fused-ring (bicyclic) bond motifs is 1. The number of aryl methyl sites for hydroxylation is 1. The molecule has 1 saturated heterocycles. The number of thiazole rings is 1. The molecule has 0 radical (unpaired) electrons. The number of nitrogens with zero attached hydrogens (tertiary/aromatic N) is 3. The number of anilines is 1. The zero-order chi connectivity index (χ0) is 19.7. The molecular weight excluding hydrogens is 435 g/mol. The van der Waals surface area contributed by atoms with Crippen molar-refractivity contribution in [1.82, 2.24) is 15.2 Å². The molecular formula is C19H20Cl2N4OS2. The maximum atomic E-state index is 12.2. The van der Waals surface area contributed by atoms with Crippen LogP contribution in [0.3, 0.4) is 0 Å². The van der Waals surface area contributed by atoms with Gasteiger partial charge in [-0.1, -0.05) is 46.7 Å². The largest absolute Gasteiger partial charge is 0.351 e. The maximum Gasteiger partial charge on any atom is 0.253 e. The summed E-state index contributed by atoms with van der Waals surface area (Å²) in [6.45, 7) is 7.30. The Hall–Kier alpha value is -1.38. The molecule has 0 aliphatic carbocycles. The topological polar surface area (TPSA) is 48.5 Å². The summed E-state index contributed by atoms with van der Waals surface area (Å²) >= 11 is 14.9. The van der Waals surface area contributed by atoms with Crippen molar-refractivity contribution in [3.8, 4) is 0 Å². The van der Waals surface area contributed by atoms with E-state index in [1.54, 1.807) is 17.4 Å². The second-order valence-electron chi connectivity index (χ2n) is 6.74. The lowest BCUT2D eigenvalue weighted by Crippen LogP contribution is -2.48. The Morgan fingerprint density at radius 3 is 2.68 bits per heavy atom. The number of nitrogens with one attached hydrogen (secondary N) is 1. The van der Waals surface area contributed by atoms with Gasteiger partial charge < -0.3 is 10.2 Å². The first kappa shape index (κ1) is 19.9. The molecule has 28 heavy (non-hydrogen) atoms. The minimum Gasteiger partial charge on any atom is -0.351 e. The Bertz CT molecular complexity index is 995. The molecule has 3 aromatic rings. The van der Waals surface area contributed by atoms with E-state index >= 15 is 0 Å². The van der Waals surface area contributed by atoms with E-state index in [1.165, 1.54) is 21.6 Å². The minimum atomic E-state index is -0.170. The molecule has 0 unspecified atom stereocenters. The summed E-state index contributed by atoms with van der Waals surface area (Å²) in [4.78, 5) is 21.7. The van der Waals surface area contributed by atoms with Crippen molar-refractivity contribution in [2.24, 2.45) is 0 Å². The van der Waals surface area contributed by atoms with Gasteiger partial charge in [0.25, 0.3) is 5.91 Å². The van der Waals surface area contributed by atoms with Crippen LogP contribution in [0.1, 0.15) is 15.9 Å². The van der Waals surface area contributed by atoms with Gasteiger partial charge in [-0.2, -0.15) is 0 Å². The Balaban J connectivity index is 1.26. The summed E-state index contributed by atoms with van der Waals surface area (Å²) in [5.41, 5.74) is 2.79. The fourth-order valence-corrected chi connectivity index (χ4v) is 5.84. The summed E-state index contributed by atoms with van der Waals surface area (Å²) in [5.74, 6) is -0.170. The predicted octanol–water partition coefficient (Wildman–Crippen LogP) is 4.53. The molecule has 4 rings (SSSR count). The van der Waals surface area contributed by atoms with Gasteiger partial charge in [0.05, 0.1) is 20.1 Å². The molecule has 0 bridgehead atoms. The van der Waals surface area contributed by atoms with Crippen molar-refractivity contribution < 1.29 is 4.79 Å². The Kier molecular flexibility index (Phi) is 6.08. The average molecular weight is 455 g/mol. The van der Waals surface area contributed by atoms with Crippen LogP contribution < -0.4 is 10.2 Å². The van der Waals surface area contributed by atoms with E-state index in [0.717, 1.165) is 43.4 Å². The normalized spacial score (nSPS) is 15.3. The number of hydrogen-bond acceptors (Lipinski definition) is 6. The number of thiophene rings is 1. The Morgan fingerprint density at radius 2 is 2.00 bits per heavy atom. The van der Waals surface area contributed by atoms with E-state index < -0.39 is 0 Å². The van der Waals surface area contributed by atoms with Gasteiger partial charge in [-0.3, -0.25) is 9.69 Å². The van der Waals surface area contributed by atoms with Gasteiger partial charge in [0.1, 0.15) is 4.34 Å². The van der Waals surface area contributed by atoms with Crippen LogP contribution in [0, 0.1) is 6.92 Å². The molecule has 1 fully saturated rings. The lowest BCUT2D eigenvalue weighted by atomic mass is 10.2. The highest BCUT2D eigenvalue weighted by Gasteiger charge is 2.20. The van der Waals surface area contributed by atoms with Gasteiger partial charge in [-0.15, -0.1) is 11.3 Å². The third-order valence-electron chi connectivity index (χ3n) is 4.87. The van der Waals surface area contributed by atoms with Gasteiger partial charge in [-0.05, 0) is 24.6 Å². The maximum absolute atomic E-state index is 12.2. The molecule has 5 nitrogen and oxygen atoms in total. The number of carbonyl (C=O) groups is 1. The van der Waals surface area contributed by atoms with E-state index in [-0.39, 0.29) is 5.91 Å². The number of halogens is 2. The van der Waals surface area contributed by atoms with Crippen LogP contribution >= 0.6 is 45.9 Å². The highest BCUT2D eigenvalue weighted by atomic mass is 35.5. The number of rotatable bonds is 5. The number of piperazine rings is 1. The number of hydrogen-bond donors (Lipinski definition) is 1. The Morgan fingerprint density at radius 1 is 1.21 bits per heavy atom. The molecule has 3 heterocycles. The molecule has 2 aromatic heterocycles. The van der Waals surface area contributed by atoms with Crippen LogP contribution in [-0.4, -0.2) is 55.1 Å². The van der Waals surface area contributed by atoms with Crippen molar-refractivity contribution in [3.05, 3.63) is 44.1 Å². The molecule has 0 atom stereocenters. The number of benzene rings is 1. The summed E-state index contributed by atoms with van der Waals surface area (Å²) < 4.78 is 2.20. The first-order valence-electron chi connectivity index (χ1n) is 9.08.